The van der Waals surface area contributed by atoms with Gasteiger partial charge in [0.15, 0.2) is 11.0 Å². The molecule has 0 bridgehead atoms. The number of rotatable bonds is 6. The minimum Gasteiger partial charge on any atom is -0.486 e. The van der Waals surface area contributed by atoms with Crippen LogP contribution in [0.15, 0.2) is 23.4 Å². The van der Waals surface area contributed by atoms with Crippen molar-refractivity contribution >= 4 is 29.3 Å². The van der Waals surface area contributed by atoms with Crippen molar-refractivity contribution in [3.8, 4) is 5.75 Å². The van der Waals surface area contributed by atoms with Crippen molar-refractivity contribution in [3.63, 3.8) is 0 Å². The molecule has 0 unspecified atom stereocenters. The topological polar surface area (TPSA) is 60.3 Å². The van der Waals surface area contributed by atoms with Crippen LogP contribution < -0.4 is 4.74 Å². The van der Waals surface area contributed by atoms with Gasteiger partial charge in [0.2, 0.25) is 5.91 Å². The Morgan fingerprint density at radius 1 is 1.29 bits per heavy atom. The number of aromatic nitrogens is 3. The first-order chi connectivity index (χ1) is 13.4. The van der Waals surface area contributed by atoms with Gasteiger partial charge < -0.3 is 14.2 Å². The van der Waals surface area contributed by atoms with Gasteiger partial charge in [0.25, 0.3) is 0 Å². The fourth-order valence-electron chi connectivity index (χ4n) is 3.57. The van der Waals surface area contributed by atoms with E-state index < -0.39 is 0 Å². The van der Waals surface area contributed by atoms with E-state index >= 15 is 0 Å². The third-order valence-corrected chi connectivity index (χ3v) is 6.66. The molecular weight excluding hydrogens is 396 g/mol. The van der Waals surface area contributed by atoms with Crippen LogP contribution in [-0.2, 0) is 18.4 Å². The highest BCUT2D eigenvalue weighted by atomic mass is 35.5. The minimum absolute atomic E-state index is 0.169. The second-order valence-corrected chi connectivity index (χ2v) is 8.73. The van der Waals surface area contributed by atoms with E-state index in [0.717, 1.165) is 29.3 Å². The summed E-state index contributed by atoms with van der Waals surface area (Å²) in [5.41, 5.74) is 0.966. The van der Waals surface area contributed by atoms with Gasteiger partial charge in [-0.2, -0.15) is 0 Å². The summed E-state index contributed by atoms with van der Waals surface area (Å²) in [6, 6.07) is 6.17. The number of carbonyl (C=O) groups is 1. The van der Waals surface area contributed by atoms with E-state index in [2.05, 4.69) is 24.0 Å². The second kappa shape index (κ2) is 9.18. The molecule has 8 heteroatoms. The van der Waals surface area contributed by atoms with Crippen molar-refractivity contribution in [1.29, 1.82) is 0 Å². The number of carbonyl (C=O) groups excluding carboxylic acids is 1. The van der Waals surface area contributed by atoms with Crippen molar-refractivity contribution in [2.45, 2.75) is 63.9 Å². The number of ether oxygens (including phenoxy) is 1. The fourth-order valence-corrected chi connectivity index (χ4v) is 4.48. The molecule has 2 heterocycles. The van der Waals surface area contributed by atoms with Gasteiger partial charge >= 0.3 is 0 Å². The summed E-state index contributed by atoms with van der Waals surface area (Å²) in [6.45, 7) is 6.51. The molecule has 0 saturated carbocycles. The monoisotopic (exact) mass is 422 g/mol. The molecule has 28 heavy (non-hydrogen) atoms. The van der Waals surface area contributed by atoms with E-state index in [1.807, 2.05) is 41.6 Å². The normalized spacial score (nSPS) is 19.7. The summed E-state index contributed by atoms with van der Waals surface area (Å²) in [6.07, 6.45) is 3.35. The van der Waals surface area contributed by atoms with Gasteiger partial charge in [-0.05, 0) is 63.8 Å². The number of piperidine rings is 1. The highest BCUT2D eigenvalue weighted by Gasteiger charge is 2.29. The van der Waals surface area contributed by atoms with Crippen LogP contribution in [-0.4, -0.2) is 43.4 Å². The van der Waals surface area contributed by atoms with Gasteiger partial charge in [-0.3, -0.25) is 4.79 Å². The number of hydrogen-bond acceptors (Lipinski definition) is 5. The fraction of sp³-hybridized carbons (Fsp3) is 0.550. The van der Waals surface area contributed by atoms with Crippen LogP contribution in [0.25, 0.3) is 0 Å². The highest BCUT2D eigenvalue weighted by Crippen LogP contribution is 2.25. The Morgan fingerprint density at radius 2 is 2.00 bits per heavy atom. The Morgan fingerprint density at radius 3 is 2.68 bits per heavy atom. The smallest absolute Gasteiger partial charge is 0.233 e. The Kier molecular flexibility index (Phi) is 6.88. The van der Waals surface area contributed by atoms with Gasteiger partial charge in [0.1, 0.15) is 12.4 Å². The molecule has 2 atom stereocenters. The van der Waals surface area contributed by atoms with E-state index in [-0.39, 0.29) is 5.91 Å². The minimum atomic E-state index is 0.169. The molecule has 1 fully saturated rings. The lowest BCUT2D eigenvalue weighted by atomic mass is 9.98. The van der Waals surface area contributed by atoms with Crippen LogP contribution >= 0.6 is 23.4 Å². The lowest BCUT2D eigenvalue weighted by Gasteiger charge is -2.39. The van der Waals surface area contributed by atoms with Gasteiger partial charge in [-0.1, -0.05) is 23.4 Å². The van der Waals surface area contributed by atoms with Crippen LogP contribution in [0.5, 0.6) is 5.75 Å². The largest absolute Gasteiger partial charge is 0.486 e. The maximum absolute atomic E-state index is 12.7. The Labute approximate surface area is 175 Å². The zero-order chi connectivity index (χ0) is 20.3. The predicted molar refractivity (Wildman–Crippen MR) is 112 cm³/mol. The zero-order valence-corrected chi connectivity index (χ0v) is 18.4. The average molecular weight is 423 g/mol. The molecule has 1 saturated heterocycles. The molecule has 0 radical (unpaired) electrons. The highest BCUT2D eigenvalue weighted by molar-refractivity contribution is 7.99. The number of aryl methyl sites for hydroxylation is 1. The Balaban J connectivity index is 1.57. The molecule has 1 aliphatic heterocycles. The predicted octanol–water partition coefficient (Wildman–Crippen LogP) is 4.24. The maximum atomic E-state index is 12.7. The zero-order valence-electron chi connectivity index (χ0n) is 16.8. The molecule has 152 valence electrons. The number of nitrogens with zero attached hydrogens (tertiary/aromatic N) is 4. The third kappa shape index (κ3) is 4.81. The lowest BCUT2D eigenvalue weighted by molar-refractivity contribution is -0.134. The standard InChI is InChI=1S/C20H27ClN4O2S/c1-13-10-16(8-9-17(13)21)27-11-18-22-23-20(24(18)4)28-12-19(26)25-14(2)6-5-7-15(25)3/h8-10,14-15H,5-7,11-12H2,1-4H3/t14-,15-/m0/s1. The second-order valence-electron chi connectivity index (χ2n) is 7.38. The van der Waals surface area contributed by atoms with Crippen molar-refractivity contribution in [3.05, 3.63) is 34.6 Å². The molecule has 1 aromatic carbocycles. The summed E-state index contributed by atoms with van der Waals surface area (Å²) >= 11 is 7.47. The van der Waals surface area contributed by atoms with E-state index in [4.69, 9.17) is 16.3 Å². The first-order valence-electron chi connectivity index (χ1n) is 9.58. The first kappa shape index (κ1) is 21.0. The Hall–Kier alpha value is -1.73. The molecule has 1 aliphatic rings. The molecular formula is C20H27ClN4O2S. The molecule has 1 aromatic heterocycles. The van der Waals surface area contributed by atoms with Crippen molar-refractivity contribution in [1.82, 2.24) is 19.7 Å². The van der Waals surface area contributed by atoms with Crippen LogP contribution in [0, 0.1) is 6.92 Å². The van der Waals surface area contributed by atoms with E-state index in [9.17, 15) is 4.79 Å². The summed E-state index contributed by atoms with van der Waals surface area (Å²) < 4.78 is 7.68. The van der Waals surface area contributed by atoms with E-state index in [1.165, 1.54) is 18.2 Å². The van der Waals surface area contributed by atoms with E-state index in [1.54, 1.807) is 0 Å². The molecule has 0 N–H and O–H groups in total. The number of hydrogen-bond donors (Lipinski definition) is 0. The number of likely N-dealkylation sites (tertiary alicyclic amines) is 1. The number of thioether (sulfide) groups is 1. The lowest BCUT2D eigenvalue weighted by Crippen LogP contribution is -2.48. The molecule has 0 aliphatic carbocycles. The van der Waals surface area contributed by atoms with Crippen LogP contribution in [0.3, 0.4) is 0 Å². The van der Waals surface area contributed by atoms with Crippen molar-refractivity contribution in [2.24, 2.45) is 7.05 Å². The molecule has 3 rings (SSSR count). The van der Waals surface area contributed by atoms with Gasteiger partial charge in [0, 0.05) is 24.2 Å². The van der Waals surface area contributed by atoms with Crippen LogP contribution in [0.2, 0.25) is 5.02 Å². The number of benzene rings is 1. The maximum Gasteiger partial charge on any atom is 0.233 e. The molecule has 1 amide bonds. The average Bonchev–Trinajstić information content (AvgIpc) is 3.00. The van der Waals surface area contributed by atoms with Gasteiger partial charge in [-0.25, -0.2) is 0 Å². The van der Waals surface area contributed by atoms with Crippen molar-refractivity contribution < 1.29 is 9.53 Å². The quantitative estimate of drug-likeness (QED) is 0.651. The van der Waals surface area contributed by atoms with Gasteiger partial charge in [-0.15, -0.1) is 10.2 Å². The summed E-state index contributed by atoms with van der Waals surface area (Å²) in [4.78, 5) is 14.7. The SMILES string of the molecule is Cc1cc(OCc2nnc(SCC(=O)N3[C@@H](C)CCC[C@@H]3C)n2C)ccc1Cl. The summed E-state index contributed by atoms with van der Waals surface area (Å²) in [5, 5.41) is 9.86. The summed E-state index contributed by atoms with van der Waals surface area (Å²) in [5.74, 6) is 1.99. The molecule has 6 nitrogen and oxygen atoms in total. The number of halogens is 1. The summed E-state index contributed by atoms with van der Waals surface area (Å²) in [7, 11) is 1.89. The number of amides is 1. The van der Waals surface area contributed by atoms with Crippen LogP contribution in [0.1, 0.15) is 44.5 Å². The Bertz CT molecular complexity index is 832. The molecule has 0 spiro atoms. The molecule has 2 aromatic rings. The first-order valence-corrected chi connectivity index (χ1v) is 10.9. The van der Waals surface area contributed by atoms with Gasteiger partial charge in [0.05, 0.1) is 5.75 Å². The van der Waals surface area contributed by atoms with E-state index in [0.29, 0.717) is 35.3 Å². The van der Waals surface area contributed by atoms with Crippen LogP contribution in [0.4, 0.5) is 0 Å². The third-order valence-electron chi connectivity index (χ3n) is 5.23. The van der Waals surface area contributed by atoms with Crippen molar-refractivity contribution in [2.75, 3.05) is 5.75 Å².